The lowest BCUT2D eigenvalue weighted by Gasteiger charge is -2.14. The summed E-state index contributed by atoms with van der Waals surface area (Å²) < 4.78 is 34.0. The van der Waals surface area contributed by atoms with E-state index in [4.69, 9.17) is 15.0 Å². The molecule has 0 fully saturated rings. The molecule has 2 aromatic carbocycles. The molecular weight excluding hydrogens is 428 g/mol. The van der Waals surface area contributed by atoms with E-state index in [1.807, 2.05) is 38.1 Å². The van der Waals surface area contributed by atoms with Gasteiger partial charge in [-0.15, -0.1) is 0 Å². The Labute approximate surface area is 188 Å². The molecule has 0 saturated carbocycles. The Bertz CT molecular complexity index is 1220. The van der Waals surface area contributed by atoms with Crippen LogP contribution in [0.2, 0.25) is 0 Å². The Kier molecular flexibility index (Phi) is 6.21. The molecule has 4 rings (SSSR count). The lowest BCUT2D eigenvalue weighted by Crippen LogP contribution is -2.25. The van der Waals surface area contributed by atoms with Crippen molar-refractivity contribution in [2.75, 3.05) is 24.3 Å². The third-order valence-corrected chi connectivity index (χ3v) is 6.37. The summed E-state index contributed by atoms with van der Waals surface area (Å²) in [4.78, 5) is 4.61. The van der Waals surface area contributed by atoms with Crippen molar-refractivity contribution in [1.82, 2.24) is 15.5 Å². The largest absolute Gasteiger partial charge is 0.489 e. The highest BCUT2D eigenvalue weighted by atomic mass is 32.2. The van der Waals surface area contributed by atoms with Crippen molar-refractivity contribution >= 4 is 15.5 Å². The van der Waals surface area contributed by atoms with Crippen LogP contribution in [0.15, 0.2) is 40.9 Å². The van der Waals surface area contributed by atoms with E-state index in [9.17, 15) is 8.42 Å². The fourth-order valence-electron chi connectivity index (χ4n) is 3.99. The van der Waals surface area contributed by atoms with E-state index in [0.29, 0.717) is 29.7 Å². The Morgan fingerprint density at radius 1 is 1.28 bits per heavy atom. The molecule has 1 aromatic heterocycles. The molecular formula is C23H28N4O4S. The van der Waals surface area contributed by atoms with Crippen molar-refractivity contribution < 1.29 is 17.7 Å². The van der Waals surface area contributed by atoms with E-state index < -0.39 is 9.84 Å². The quantitative estimate of drug-likeness (QED) is 0.495. The fraction of sp³-hybridized carbons (Fsp3) is 0.391. The molecule has 9 heteroatoms. The van der Waals surface area contributed by atoms with Crippen LogP contribution in [0.1, 0.15) is 37.4 Å². The Balaban J connectivity index is 1.55. The molecule has 1 heterocycles. The number of fused-ring (bicyclic) bond motifs is 1. The lowest BCUT2D eigenvalue weighted by atomic mass is 10.0. The molecule has 0 aliphatic heterocycles. The third-order valence-electron chi connectivity index (χ3n) is 5.42. The number of aromatic nitrogens is 2. The van der Waals surface area contributed by atoms with Gasteiger partial charge in [-0.2, -0.15) is 4.98 Å². The van der Waals surface area contributed by atoms with Crippen LogP contribution < -0.4 is 15.8 Å². The zero-order valence-electron chi connectivity index (χ0n) is 18.5. The normalized spacial score (nSPS) is 15.8. The first-order valence-electron chi connectivity index (χ1n) is 10.6. The van der Waals surface area contributed by atoms with Gasteiger partial charge in [-0.25, -0.2) is 8.42 Å². The topological polar surface area (TPSA) is 120 Å². The second-order valence-electron chi connectivity index (χ2n) is 8.39. The highest BCUT2D eigenvalue weighted by Crippen LogP contribution is 2.37. The summed E-state index contributed by atoms with van der Waals surface area (Å²) in [6.45, 7) is 4.32. The highest BCUT2D eigenvalue weighted by Gasteiger charge is 2.26. The van der Waals surface area contributed by atoms with Crippen LogP contribution in [0.3, 0.4) is 0 Å². The van der Waals surface area contributed by atoms with E-state index in [-0.39, 0.29) is 17.9 Å². The Morgan fingerprint density at radius 3 is 2.81 bits per heavy atom. The SMILES string of the molecule is CC(C)Oc1ccc(-c2nc(-c3cccc4c3CCC4NCCS(C)(=O)=O)no2)cc1N. The molecule has 170 valence electrons. The van der Waals surface area contributed by atoms with Gasteiger partial charge in [0.25, 0.3) is 5.89 Å². The first-order chi connectivity index (χ1) is 15.2. The second-order valence-corrected chi connectivity index (χ2v) is 10.7. The number of nitrogens with zero attached hydrogens (tertiary/aromatic N) is 2. The maximum atomic E-state index is 11.4. The molecule has 0 bridgehead atoms. The fourth-order valence-corrected chi connectivity index (χ4v) is 4.48. The van der Waals surface area contributed by atoms with Gasteiger partial charge in [0.1, 0.15) is 15.6 Å². The summed E-state index contributed by atoms with van der Waals surface area (Å²) in [5.74, 6) is 1.66. The standard InChI is InChI=1S/C23H28N4O4S/c1-14(2)30-21-10-7-15(13-19(21)24)23-26-22(27-31-23)18-6-4-5-17-16(18)8-9-20(17)25-11-12-32(3,28)29/h4-7,10,13-14,20,25H,8-9,11-12,24H2,1-3H3. The lowest BCUT2D eigenvalue weighted by molar-refractivity contribution is 0.244. The molecule has 0 radical (unpaired) electrons. The molecule has 3 aromatic rings. The van der Waals surface area contributed by atoms with Crippen molar-refractivity contribution in [2.45, 2.75) is 38.8 Å². The zero-order chi connectivity index (χ0) is 22.9. The number of hydrogen-bond donors (Lipinski definition) is 2. The van der Waals surface area contributed by atoms with Crippen LogP contribution in [0.4, 0.5) is 5.69 Å². The predicted octanol–water partition coefficient (Wildman–Crippen LogP) is 3.39. The molecule has 0 saturated heterocycles. The summed E-state index contributed by atoms with van der Waals surface area (Å²) in [6, 6.07) is 11.6. The predicted molar refractivity (Wildman–Crippen MR) is 124 cm³/mol. The van der Waals surface area contributed by atoms with Crippen molar-refractivity contribution in [3.8, 4) is 28.6 Å². The molecule has 8 nitrogen and oxygen atoms in total. The molecule has 1 atom stereocenters. The van der Waals surface area contributed by atoms with Gasteiger partial charge in [0.15, 0.2) is 0 Å². The number of ether oxygens (including phenoxy) is 1. The van der Waals surface area contributed by atoms with Gasteiger partial charge in [0.05, 0.1) is 17.5 Å². The second kappa shape index (κ2) is 8.91. The minimum Gasteiger partial charge on any atom is -0.489 e. The zero-order valence-corrected chi connectivity index (χ0v) is 19.3. The highest BCUT2D eigenvalue weighted by molar-refractivity contribution is 7.90. The molecule has 0 amide bonds. The average molecular weight is 457 g/mol. The van der Waals surface area contributed by atoms with Gasteiger partial charge in [-0.05, 0) is 56.0 Å². The van der Waals surface area contributed by atoms with Gasteiger partial charge < -0.3 is 20.3 Å². The Morgan fingerprint density at radius 2 is 2.09 bits per heavy atom. The first-order valence-corrected chi connectivity index (χ1v) is 12.7. The summed E-state index contributed by atoms with van der Waals surface area (Å²) in [7, 11) is -2.99. The first kappa shape index (κ1) is 22.3. The summed E-state index contributed by atoms with van der Waals surface area (Å²) in [5.41, 5.74) is 10.6. The van der Waals surface area contributed by atoms with Crippen LogP contribution >= 0.6 is 0 Å². The van der Waals surface area contributed by atoms with E-state index in [1.165, 1.54) is 6.26 Å². The number of nitrogens with one attached hydrogen (secondary N) is 1. The molecule has 3 N–H and O–H groups in total. The van der Waals surface area contributed by atoms with Gasteiger partial charge in [-0.3, -0.25) is 0 Å². The summed E-state index contributed by atoms with van der Waals surface area (Å²) in [5, 5.41) is 7.56. The van der Waals surface area contributed by atoms with Crippen LogP contribution in [0.5, 0.6) is 5.75 Å². The van der Waals surface area contributed by atoms with E-state index in [0.717, 1.165) is 35.1 Å². The number of nitrogens with two attached hydrogens (primary N) is 1. The number of nitrogen functional groups attached to an aromatic ring is 1. The Hall–Kier alpha value is -2.91. The summed E-state index contributed by atoms with van der Waals surface area (Å²) in [6.07, 6.45) is 3.04. The van der Waals surface area contributed by atoms with Gasteiger partial charge in [-0.1, -0.05) is 23.4 Å². The van der Waals surface area contributed by atoms with Crippen molar-refractivity contribution in [3.05, 3.63) is 47.5 Å². The average Bonchev–Trinajstić information content (AvgIpc) is 3.36. The summed E-state index contributed by atoms with van der Waals surface area (Å²) >= 11 is 0. The van der Waals surface area contributed by atoms with E-state index in [1.54, 1.807) is 6.07 Å². The maximum absolute atomic E-state index is 11.4. The van der Waals surface area contributed by atoms with Crippen molar-refractivity contribution in [2.24, 2.45) is 0 Å². The van der Waals surface area contributed by atoms with Crippen LogP contribution in [-0.4, -0.2) is 43.2 Å². The molecule has 1 aliphatic carbocycles. The minimum absolute atomic E-state index is 0.0306. The van der Waals surface area contributed by atoms with Crippen LogP contribution in [0, 0.1) is 0 Å². The van der Waals surface area contributed by atoms with E-state index in [2.05, 4.69) is 21.5 Å². The smallest absolute Gasteiger partial charge is 0.258 e. The van der Waals surface area contributed by atoms with Gasteiger partial charge >= 0.3 is 0 Å². The molecule has 1 unspecified atom stereocenters. The monoisotopic (exact) mass is 456 g/mol. The van der Waals surface area contributed by atoms with E-state index >= 15 is 0 Å². The maximum Gasteiger partial charge on any atom is 0.258 e. The van der Waals surface area contributed by atoms with Gasteiger partial charge in [0.2, 0.25) is 5.82 Å². The third kappa shape index (κ3) is 4.94. The minimum atomic E-state index is -2.99. The van der Waals surface area contributed by atoms with Crippen molar-refractivity contribution in [1.29, 1.82) is 0 Å². The van der Waals surface area contributed by atoms with Crippen molar-refractivity contribution in [3.63, 3.8) is 0 Å². The number of anilines is 1. The van der Waals surface area contributed by atoms with Crippen LogP contribution in [0.25, 0.3) is 22.8 Å². The van der Waals surface area contributed by atoms with Crippen LogP contribution in [-0.2, 0) is 16.3 Å². The number of rotatable bonds is 8. The number of hydrogen-bond acceptors (Lipinski definition) is 8. The molecule has 0 spiro atoms. The molecule has 32 heavy (non-hydrogen) atoms. The number of sulfone groups is 1. The van der Waals surface area contributed by atoms with Gasteiger partial charge in [0, 0.05) is 30.0 Å². The number of benzene rings is 2. The molecule has 1 aliphatic rings.